The van der Waals surface area contributed by atoms with Crippen LogP contribution in [0.25, 0.3) is 21.5 Å². The molecule has 1 atom stereocenters. The summed E-state index contributed by atoms with van der Waals surface area (Å²) in [5.74, 6) is -0.128. The van der Waals surface area contributed by atoms with Gasteiger partial charge >= 0.3 is 0 Å². The second kappa shape index (κ2) is 7.60. The molecule has 4 aromatic carbocycles. The SMILES string of the molecule is NC(Cc1ccccc1)C(=O)NCc1cccc2cc3ccccc3cc12. The number of hydrogen-bond donors (Lipinski definition) is 2. The molecule has 4 aromatic rings. The summed E-state index contributed by atoms with van der Waals surface area (Å²) in [5.41, 5.74) is 8.25. The largest absolute Gasteiger partial charge is 0.351 e. The summed E-state index contributed by atoms with van der Waals surface area (Å²) in [7, 11) is 0. The van der Waals surface area contributed by atoms with E-state index in [0.717, 1.165) is 16.5 Å². The molecule has 0 aliphatic carbocycles. The highest BCUT2D eigenvalue weighted by Crippen LogP contribution is 2.25. The van der Waals surface area contributed by atoms with Gasteiger partial charge in [0, 0.05) is 6.54 Å². The fourth-order valence-corrected chi connectivity index (χ4v) is 3.46. The Morgan fingerprint density at radius 1 is 0.815 bits per heavy atom. The predicted octanol–water partition coefficient (Wildman–Crippen LogP) is 4.18. The van der Waals surface area contributed by atoms with Crippen LogP contribution in [0.4, 0.5) is 0 Å². The number of nitrogens with two attached hydrogens (primary N) is 1. The summed E-state index contributed by atoms with van der Waals surface area (Å²) in [4.78, 5) is 12.4. The van der Waals surface area contributed by atoms with Crippen molar-refractivity contribution >= 4 is 27.5 Å². The zero-order chi connectivity index (χ0) is 18.6. The first-order chi connectivity index (χ1) is 13.2. The second-order valence-corrected chi connectivity index (χ2v) is 6.85. The van der Waals surface area contributed by atoms with Crippen molar-refractivity contribution in [3.05, 3.63) is 96.1 Å². The average Bonchev–Trinajstić information content (AvgIpc) is 2.71. The first-order valence-electron chi connectivity index (χ1n) is 9.18. The average molecular weight is 354 g/mol. The molecule has 0 saturated carbocycles. The highest BCUT2D eigenvalue weighted by atomic mass is 16.2. The number of benzene rings is 4. The molecule has 3 N–H and O–H groups in total. The molecule has 134 valence electrons. The van der Waals surface area contributed by atoms with E-state index in [-0.39, 0.29) is 5.91 Å². The molecule has 0 saturated heterocycles. The van der Waals surface area contributed by atoms with Gasteiger partial charge in [-0.25, -0.2) is 0 Å². The first-order valence-corrected chi connectivity index (χ1v) is 9.18. The normalized spacial score (nSPS) is 12.2. The molecule has 4 rings (SSSR count). The van der Waals surface area contributed by atoms with Crippen molar-refractivity contribution in [2.24, 2.45) is 5.73 Å². The van der Waals surface area contributed by atoms with Gasteiger partial charge in [-0.15, -0.1) is 0 Å². The minimum atomic E-state index is -0.553. The van der Waals surface area contributed by atoms with Crippen LogP contribution in [0.5, 0.6) is 0 Å². The van der Waals surface area contributed by atoms with Crippen molar-refractivity contribution in [2.75, 3.05) is 0 Å². The van der Waals surface area contributed by atoms with Crippen molar-refractivity contribution in [3.63, 3.8) is 0 Å². The highest BCUT2D eigenvalue weighted by Gasteiger charge is 2.14. The van der Waals surface area contributed by atoms with Crippen LogP contribution >= 0.6 is 0 Å². The van der Waals surface area contributed by atoms with Gasteiger partial charge in [0.15, 0.2) is 0 Å². The summed E-state index contributed by atoms with van der Waals surface area (Å²) in [6, 6.07) is 28.2. The summed E-state index contributed by atoms with van der Waals surface area (Å²) in [6.45, 7) is 0.469. The van der Waals surface area contributed by atoms with E-state index in [1.54, 1.807) is 0 Å². The van der Waals surface area contributed by atoms with Crippen molar-refractivity contribution in [3.8, 4) is 0 Å². The van der Waals surface area contributed by atoms with Crippen LogP contribution in [0, 0.1) is 0 Å². The van der Waals surface area contributed by atoms with Crippen LogP contribution in [-0.2, 0) is 17.8 Å². The third-order valence-electron chi connectivity index (χ3n) is 4.93. The summed E-state index contributed by atoms with van der Waals surface area (Å²) < 4.78 is 0. The molecular formula is C24H22N2O. The number of hydrogen-bond acceptors (Lipinski definition) is 2. The van der Waals surface area contributed by atoms with Crippen molar-refractivity contribution in [1.29, 1.82) is 0 Å². The summed E-state index contributed by atoms with van der Waals surface area (Å²) in [5, 5.41) is 7.75. The Bertz CT molecular complexity index is 1090. The summed E-state index contributed by atoms with van der Waals surface area (Å²) in [6.07, 6.45) is 0.535. The zero-order valence-electron chi connectivity index (χ0n) is 15.1. The van der Waals surface area contributed by atoms with Gasteiger partial charge in [-0.2, -0.15) is 0 Å². The Kier molecular flexibility index (Phi) is 4.86. The molecule has 1 amide bonds. The van der Waals surface area contributed by atoms with Crippen LogP contribution in [0.2, 0.25) is 0 Å². The molecule has 0 fully saturated rings. The number of carbonyl (C=O) groups is 1. The minimum absolute atomic E-state index is 0.128. The lowest BCUT2D eigenvalue weighted by molar-refractivity contribution is -0.122. The Balaban J connectivity index is 1.51. The van der Waals surface area contributed by atoms with Gasteiger partial charge in [0.25, 0.3) is 0 Å². The zero-order valence-corrected chi connectivity index (χ0v) is 15.1. The maximum absolute atomic E-state index is 12.4. The minimum Gasteiger partial charge on any atom is -0.351 e. The summed E-state index contributed by atoms with van der Waals surface area (Å²) >= 11 is 0. The van der Waals surface area contributed by atoms with Gasteiger partial charge in [-0.05, 0) is 51.2 Å². The first kappa shape index (κ1) is 17.3. The van der Waals surface area contributed by atoms with E-state index < -0.39 is 6.04 Å². The fourth-order valence-electron chi connectivity index (χ4n) is 3.46. The van der Waals surface area contributed by atoms with Crippen LogP contribution < -0.4 is 11.1 Å². The number of nitrogens with one attached hydrogen (secondary N) is 1. The van der Waals surface area contributed by atoms with Gasteiger partial charge in [-0.3, -0.25) is 4.79 Å². The van der Waals surface area contributed by atoms with Gasteiger partial charge in [0.2, 0.25) is 5.91 Å². The van der Waals surface area contributed by atoms with Crippen LogP contribution in [0.1, 0.15) is 11.1 Å². The molecule has 0 spiro atoms. The lowest BCUT2D eigenvalue weighted by Gasteiger charge is -2.14. The second-order valence-electron chi connectivity index (χ2n) is 6.85. The molecule has 0 bridgehead atoms. The quantitative estimate of drug-likeness (QED) is 0.528. The van der Waals surface area contributed by atoms with E-state index in [2.05, 4.69) is 41.7 Å². The molecule has 0 radical (unpaired) electrons. The van der Waals surface area contributed by atoms with Crippen molar-refractivity contribution in [2.45, 2.75) is 19.0 Å². The Labute approximate surface area is 158 Å². The monoisotopic (exact) mass is 354 g/mol. The lowest BCUT2D eigenvalue weighted by atomic mass is 9.99. The van der Waals surface area contributed by atoms with Gasteiger partial charge < -0.3 is 11.1 Å². The number of carbonyl (C=O) groups excluding carboxylic acids is 1. The predicted molar refractivity (Wildman–Crippen MR) is 111 cm³/mol. The van der Waals surface area contributed by atoms with Crippen molar-refractivity contribution in [1.82, 2.24) is 5.32 Å². The lowest BCUT2D eigenvalue weighted by Crippen LogP contribution is -2.41. The van der Waals surface area contributed by atoms with Crippen molar-refractivity contribution < 1.29 is 4.79 Å². The molecule has 0 heterocycles. The van der Waals surface area contributed by atoms with E-state index >= 15 is 0 Å². The molecule has 0 aromatic heterocycles. The number of fused-ring (bicyclic) bond motifs is 2. The van der Waals surface area contributed by atoms with Gasteiger partial charge in [0.1, 0.15) is 0 Å². The molecule has 0 aliphatic rings. The fraction of sp³-hybridized carbons (Fsp3) is 0.125. The topological polar surface area (TPSA) is 55.1 Å². The third-order valence-corrected chi connectivity index (χ3v) is 4.93. The van der Waals surface area contributed by atoms with E-state index in [4.69, 9.17) is 5.73 Å². The van der Waals surface area contributed by atoms with E-state index in [1.165, 1.54) is 16.2 Å². The van der Waals surface area contributed by atoms with Crippen LogP contribution in [0.15, 0.2) is 84.9 Å². The molecule has 0 aliphatic heterocycles. The van der Waals surface area contributed by atoms with Crippen LogP contribution in [0.3, 0.4) is 0 Å². The molecular weight excluding hydrogens is 332 g/mol. The van der Waals surface area contributed by atoms with E-state index in [1.807, 2.05) is 48.5 Å². The Hall–Kier alpha value is -3.17. The molecule has 3 heteroatoms. The Morgan fingerprint density at radius 3 is 2.26 bits per heavy atom. The molecule has 1 unspecified atom stereocenters. The number of rotatable bonds is 5. The van der Waals surface area contributed by atoms with E-state index in [9.17, 15) is 4.79 Å². The Morgan fingerprint density at radius 2 is 1.48 bits per heavy atom. The smallest absolute Gasteiger partial charge is 0.237 e. The standard InChI is InChI=1S/C24H22N2O/c25-23(13-17-7-2-1-3-8-17)24(27)26-16-21-12-6-11-20-14-18-9-4-5-10-19(18)15-22(20)21/h1-12,14-15,23H,13,16,25H2,(H,26,27). The highest BCUT2D eigenvalue weighted by molar-refractivity contribution is 5.99. The van der Waals surface area contributed by atoms with Gasteiger partial charge in [-0.1, -0.05) is 72.8 Å². The van der Waals surface area contributed by atoms with Crippen LogP contribution in [-0.4, -0.2) is 11.9 Å². The maximum atomic E-state index is 12.4. The van der Waals surface area contributed by atoms with E-state index in [0.29, 0.717) is 13.0 Å². The molecule has 27 heavy (non-hydrogen) atoms. The molecule has 3 nitrogen and oxygen atoms in total. The third kappa shape index (κ3) is 3.83. The maximum Gasteiger partial charge on any atom is 0.237 e. The van der Waals surface area contributed by atoms with Gasteiger partial charge in [0.05, 0.1) is 6.04 Å². The number of amides is 1.